The van der Waals surface area contributed by atoms with Crippen molar-refractivity contribution < 1.29 is 19.1 Å². The lowest BCUT2D eigenvalue weighted by Crippen LogP contribution is -2.30. The molecule has 0 heterocycles. The summed E-state index contributed by atoms with van der Waals surface area (Å²) in [6, 6.07) is 9.38. The molecule has 5 heteroatoms. The van der Waals surface area contributed by atoms with Crippen LogP contribution in [-0.4, -0.2) is 19.2 Å². The van der Waals surface area contributed by atoms with Gasteiger partial charge in [0.1, 0.15) is 12.3 Å². The summed E-state index contributed by atoms with van der Waals surface area (Å²) in [5, 5.41) is 2.55. The molecule has 118 valence electrons. The number of hydrogen-bond acceptors (Lipinski definition) is 4. The van der Waals surface area contributed by atoms with E-state index in [2.05, 4.69) is 5.32 Å². The molecular formula is C17H21NO4. The van der Waals surface area contributed by atoms with Gasteiger partial charge in [-0.1, -0.05) is 36.8 Å². The number of amides is 1. The molecule has 5 nitrogen and oxygen atoms in total. The molecule has 1 aliphatic rings. The van der Waals surface area contributed by atoms with E-state index in [1.807, 2.05) is 30.3 Å². The Hall–Kier alpha value is -2.30. The molecule has 22 heavy (non-hydrogen) atoms. The first-order chi connectivity index (χ1) is 10.7. The Morgan fingerprint density at radius 1 is 1.09 bits per heavy atom. The number of benzene rings is 1. The first kappa shape index (κ1) is 16.1. The standard InChI is InChI=1S/C17H21NO4/c1-21-16(19)15(14-10-6-3-7-11-14)18-17(20)22-12-13-8-4-2-5-9-13/h2,4-5,8-9H,3,6-7,10-12H2,1H3,(H,18,20). The number of methoxy groups -OCH3 is 1. The van der Waals surface area contributed by atoms with Crippen molar-refractivity contribution in [2.75, 3.05) is 7.11 Å². The van der Waals surface area contributed by atoms with Crippen LogP contribution in [0.3, 0.4) is 0 Å². The largest absolute Gasteiger partial charge is 0.464 e. The van der Waals surface area contributed by atoms with Gasteiger partial charge in [0.15, 0.2) is 0 Å². The monoisotopic (exact) mass is 303 g/mol. The molecule has 1 amide bonds. The number of carbonyl (C=O) groups is 2. The number of carbonyl (C=O) groups excluding carboxylic acids is 2. The molecule has 1 aliphatic carbocycles. The van der Waals surface area contributed by atoms with Gasteiger partial charge in [-0.15, -0.1) is 0 Å². The first-order valence-corrected chi connectivity index (χ1v) is 7.48. The zero-order chi connectivity index (χ0) is 15.8. The lowest BCUT2D eigenvalue weighted by Gasteiger charge is -2.18. The van der Waals surface area contributed by atoms with Crippen molar-refractivity contribution in [3.8, 4) is 0 Å². The van der Waals surface area contributed by atoms with Crippen molar-refractivity contribution in [2.45, 2.75) is 38.7 Å². The van der Waals surface area contributed by atoms with E-state index >= 15 is 0 Å². The molecule has 0 radical (unpaired) electrons. The van der Waals surface area contributed by atoms with E-state index in [1.165, 1.54) is 7.11 Å². The molecule has 0 aromatic heterocycles. The number of allylic oxidation sites excluding steroid dienone is 1. The average Bonchev–Trinajstić information content (AvgIpc) is 2.59. The van der Waals surface area contributed by atoms with Gasteiger partial charge in [-0.3, -0.25) is 5.32 Å². The van der Waals surface area contributed by atoms with Crippen molar-refractivity contribution in [3.05, 3.63) is 47.2 Å². The Morgan fingerprint density at radius 2 is 1.77 bits per heavy atom. The molecule has 1 aromatic carbocycles. The number of hydrogen-bond donors (Lipinski definition) is 1. The number of rotatable bonds is 4. The topological polar surface area (TPSA) is 64.6 Å². The van der Waals surface area contributed by atoms with Crippen LogP contribution in [-0.2, 0) is 20.9 Å². The molecule has 0 saturated heterocycles. The third-order valence-corrected chi connectivity index (χ3v) is 3.64. The maximum absolute atomic E-state index is 11.9. The van der Waals surface area contributed by atoms with Crippen molar-refractivity contribution in [1.82, 2.24) is 5.32 Å². The zero-order valence-corrected chi connectivity index (χ0v) is 12.8. The number of alkyl carbamates (subject to hydrolysis) is 1. The smallest absolute Gasteiger partial charge is 0.412 e. The van der Waals surface area contributed by atoms with Gasteiger partial charge in [-0.05, 0) is 36.8 Å². The summed E-state index contributed by atoms with van der Waals surface area (Å²) in [5.74, 6) is -0.520. The predicted molar refractivity (Wildman–Crippen MR) is 81.9 cm³/mol. The van der Waals surface area contributed by atoms with Crippen LogP contribution in [0.2, 0.25) is 0 Å². The Kier molecular flexibility index (Phi) is 6.01. The SMILES string of the molecule is COC(=O)C(NC(=O)OCc1ccccc1)=C1CCCCC1. The van der Waals surface area contributed by atoms with Gasteiger partial charge in [-0.2, -0.15) is 0 Å². The zero-order valence-electron chi connectivity index (χ0n) is 12.8. The van der Waals surface area contributed by atoms with E-state index < -0.39 is 12.1 Å². The van der Waals surface area contributed by atoms with Gasteiger partial charge in [0, 0.05) is 0 Å². The molecule has 1 N–H and O–H groups in total. The highest BCUT2D eigenvalue weighted by atomic mass is 16.6. The fourth-order valence-corrected chi connectivity index (χ4v) is 2.48. The van der Waals surface area contributed by atoms with Gasteiger partial charge in [0.05, 0.1) is 7.11 Å². The third-order valence-electron chi connectivity index (χ3n) is 3.64. The minimum absolute atomic E-state index is 0.163. The second-order valence-electron chi connectivity index (χ2n) is 5.22. The van der Waals surface area contributed by atoms with Crippen molar-refractivity contribution in [2.24, 2.45) is 0 Å². The van der Waals surface area contributed by atoms with Crippen LogP contribution in [0.15, 0.2) is 41.6 Å². The lowest BCUT2D eigenvalue weighted by atomic mass is 9.93. The van der Waals surface area contributed by atoms with E-state index in [4.69, 9.17) is 9.47 Å². The molecule has 1 saturated carbocycles. The molecule has 2 rings (SSSR count). The average molecular weight is 303 g/mol. The quantitative estimate of drug-likeness (QED) is 0.684. The fourth-order valence-electron chi connectivity index (χ4n) is 2.48. The summed E-state index contributed by atoms with van der Waals surface area (Å²) in [6.45, 7) is 0.163. The van der Waals surface area contributed by atoms with E-state index in [0.717, 1.165) is 43.2 Å². The van der Waals surface area contributed by atoms with Crippen LogP contribution in [0.25, 0.3) is 0 Å². The molecule has 0 aliphatic heterocycles. The molecule has 0 bridgehead atoms. The van der Waals surface area contributed by atoms with Crippen molar-refractivity contribution in [3.63, 3.8) is 0 Å². The Balaban J connectivity index is 1.97. The van der Waals surface area contributed by atoms with Gasteiger partial charge >= 0.3 is 12.1 Å². The Labute approximate surface area is 130 Å². The molecule has 1 aromatic rings. The van der Waals surface area contributed by atoms with Crippen molar-refractivity contribution >= 4 is 12.1 Å². The summed E-state index contributed by atoms with van der Waals surface area (Å²) in [6.07, 6.45) is 4.18. The summed E-state index contributed by atoms with van der Waals surface area (Å²) >= 11 is 0. The van der Waals surface area contributed by atoms with Gasteiger partial charge in [-0.25, -0.2) is 9.59 Å². The van der Waals surface area contributed by atoms with E-state index in [-0.39, 0.29) is 12.3 Å². The Morgan fingerprint density at radius 3 is 2.41 bits per heavy atom. The van der Waals surface area contributed by atoms with Crippen LogP contribution in [0.4, 0.5) is 4.79 Å². The normalized spacial score (nSPS) is 14.1. The molecule has 0 spiro atoms. The minimum Gasteiger partial charge on any atom is -0.464 e. The number of ether oxygens (including phenoxy) is 2. The number of nitrogens with one attached hydrogen (secondary N) is 1. The second kappa shape index (κ2) is 8.22. The minimum atomic E-state index is -0.637. The predicted octanol–water partition coefficient (Wildman–Crippen LogP) is 3.30. The van der Waals surface area contributed by atoms with Crippen LogP contribution >= 0.6 is 0 Å². The third kappa shape index (κ3) is 4.62. The highest BCUT2D eigenvalue weighted by molar-refractivity contribution is 5.93. The molecular weight excluding hydrogens is 282 g/mol. The number of esters is 1. The van der Waals surface area contributed by atoms with E-state index in [1.54, 1.807) is 0 Å². The first-order valence-electron chi connectivity index (χ1n) is 7.48. The summed E-state index contributed by atoms with van der Waals surface area (Å²) in [7, 11) is 1.31. The summed E-state index contributed by atoms with van der Waals surface area (Å²) in [4.78, 5) is 23.8. The van der Waals surface area contributed by atoms with Crippen LogP contribution in [0, 0.1) is 0 Å². The second-order valence-corrected chi connectivity index (χ2v) is 5.22. The molecule has 1 fully saturated rings. The van der Waals surface area contributed by atoms with E-state index in [0.29, 0.717) is 0 Å². The molecule has 0 atom stereocenters. The van der Waals surface area contributed by atoms with Crippen LogP contribution < -0.4 is 5.32 Å². The van der Waals surface area contributed by atoms with Gasteiger partial charge in [0.2, 0.25) is 0 Å². The van der Waals surface area contributed by atoms with Crippen molar-refractivity contribution in [1.29, 1.82) is 0 Å². The highest BCUT2D eigenvalue weighted by Crippen LogP contribution is 2.25. The van der Waals surface area contributed by atoms with Crippen LogP contribution in [0.1, 0.15) is 37.7 Å². The van der Waals surface area contributed by atoms with E-state index in [9.17, 15) is 9.59 Å². The summed E-state index contributed by atoms with van der Waals surface area (Å²) in [5.41, 5.74) is 2.07. The Bertz CT molecular complexity index is 543. The maximum atomic E-state index is 11.9. The highest BCUT2D eigenvalue weighted by Gasteiger charge is 2.21. The molecule has 0 unspecified atom stereocenters. The fraction of sp³-hybridized carbons (Fsp3) is 0.412. The summed E-state index contributed by atoms with van der Waals surface area (Å²) < 4.78 is 9.91. The lowest BCUT2D eigenvalue weighted by molar-refractivity contribution is -0.136. The van der Waals surface area contributed by atoms with Gasteiger partial charge in [0.25, 0.3) is 0 Å². The van der Waals surface area contributed by atoms with Crippen LogP contribution in [0.5, 0.6) is 0 Å². The maximum Gasteiger partial charge on any atom is 0.412 e. The van der Waals surface area contributed by atoms with Gasteiger partial charge < -0.3 is 9.47 Å².